The van der Waals surface area contributed by atoms with Gasteiger partial charge in [-0.3, -0.25) is 0 Å². The lowest BCUT2D eigenvalue weighted by Gasteiger charge is -2.45. The molecule has 1 saturated carbocycles. The fourth-order valence-electron chi connectivity index (χ4n) is 3.55. The minimum Gasteiger partial charge on any atom is -0.359 e. The lowest BCUT2D eigenvalue weighted by molar-refractivity contribution is 0.105. The van der Waals surface area contributed by atoms with Crippen LogP contribution in [0.3, 0.4) is 0 Å². The molecule has 0 saturated heterocycles. The number of hydrogen-bond donors (Lipinski definition) is 1. The molecule has 19 heavy (non-hydrogen) atoms. The summed E-state index contributed by atoms with van der Waals surface area (Å²) < 4.78 is 0. The molecule has 1 aromatic rings. The van der Waals surface area contributed by atoms with Gasteiger partial charge in [0, 0.05) is 6.04 Å². The third kappa shape index (κ3) is 3.61. The molecule has 0 aliphatic heterocycles. The molecule has 0 radical (unpaired) electrons. The summed E-state index contributed by atoms with van der Waals surface area (Å²) in [6, 6.07) is 2.47. The van der Waals surface area contributed by atoms with Gasteiger partial charge in [0.15, 0.2) is 10.3 Å². The van der Waals surface area contributed by atoms with Crippen LogP contribution in [0.1, 0.15) is 51.8 Å². The summed E-state index contributed by atoms with van der Waals surface area (Å²) in [5.41, 5.74) is 0.664. The van der Waals surface area contributed by atoms with Gasteiger partial charge in [-0.25, -0.2) is 4.98 Å². The Kier molecular flexibility index (Phi) is 3.81. The highest BCUT2D eigenvalue weighted by Crippen LogP contribution is 2.46. The van der Waals surface area contributed by atoms with Gasteiger partial charge in [0.1, 0.15) is 10.9 Å². The summed E-state index contributed by atoms with van der Waals surface area (Å²) in [5, 5.41) is 13.4. The number of nitrogens with one attached hydrogen (secondary N) is 1. The van der Waals surface area contributed by atoms with Crippen molar-refractivity contribution in [2.24, 2.45) is 10.8 Å². The highest BCUT2D eigenvalue weighted by Gasteiger charge is 2.38. The van der Waals surface area contributed by atoms with Gasteiger partial charge in [-0.2, -0.15) is 5.26 Å². The van der Waals surface area contributed by atoms with Crippen LogP contribution in [-0.4, -0.2) is 11.0 Å². The van der Waals surface area contributed by atoms with Crippen LogP contribution in [0, 0.1) is 22.2 Å². The molecule has 1 fully saturated rings. The van der Waals surface area contributed by atoms with Crippen LogP contribution in [0.5, 0.6) is 0 Å². The van der Waals surface area contributed by atoms with Crippen LogP contribution in [0.15, 0.2) is 0 Å². The van der Waals surface area contributed by atoms with Crippen molar-refractivity contribution in [2.75, 3.05) is 5.32 Å². The van der Waals surface area contributed by atoms with E-state index in [1.807, 2.05) is 0 Å². The van der Waals surface area contributed by atoms with Crippen LogP contribution >= 0.6 is 22.9 Å². The van der Waals surface area contributed by atoms with Gasteiger partial charge in [0.2, 0.25) is 0 Å². The number of halogens is 1. The predicted octanol–water partition coefficient (Wildman–Crippen LogP) is 4.68. The molecule has 104 valence electrons. The Bertz CT molecular complexity index is 497. The smallest absolute Gasteiger partial charge is 0.185 e. The molecule has 1 aromatic heterocycles. The normalized spacial score (nSPS) is 21.9. The lowest BCUT2D eigenvalue weighted by atomic mass is 9.63. The van der Waals surface area contributed by atoms with E-state index in [1.54, 1.807) is 0 Å². The fraction of sp³-hybridized carbons (Fsp3) is 0.714. The number of hydrogen-bond acceptors (Lipinski definition) is 4. The van der Waals surface area contributed by atoms with Crippen molar-refractivity contribution >= 4 is 28.1 Å². The molecular formula is C14H20ClN3S. The Labute approximate surface area is 124 Å². The van der Waals surface area contributed by atoms with E-state index in [0.29, 0.717) is 26.9 Å². The molecule has 0 amide bonds. The van der Waals surface area contributed by atoms with E-state index in [-0.39, 0.29) is 0 Å². The molecule has 1 N–H and O–H groups in total. The van der Waals surface area contributed by atoms with Crippen molar-refractivity contribution < 1.29 is 0 Å². The first-order valence-electron chi connectivity index (χ1n) is 6.54. The second-order valence-electron chi connectivity index (χ2n) is 7.01. The van der Waals surface area contributed by atoms with Crippen LogP contribution < -0.4 is 5.32 Å². The van der Waals surface area contributed by atoms with Crippen molar-refractivity contribution in [3.63, 3.8) is 0 Å². The van der Waals surface area contributed by atoms with Crippen molar-refractivity contribution in [1.29, 1.82) is 5.26 Å². The van der Waals surface area contributed by atoms with Gasteiger partial charge in [-0.1, -0.05) is 50.6 Å². The van der Waals surface area contributed by atoms with Crippen molar-refractivity contribution in [3.05, 3.63) is 10.0 Å². The number of thiazole rings is 1. The number of aromatic nitrogens is 1. The Morgan fingerprint density at radius 1 is 1.32 bits per heavy atom. The van der Waals surface area contributed by atoms with Crippen LogP contribution in [0.2, 0.25) is 5.15 Å². The van der Waals surface area contributed by atoms with Gasteiger partial charge < -0.3 is 5.32 Å². The summed E-state index contributed by atoms with van der Waals surface area (Å²) in [6.45, 7) is 9.27. The molecule has 1 heterocycles. The Morgan fingerprint density at radius 2 is 1.89 bits per heavy atom. The zero-order valence-electron chi connectivity index (χ0n) is 11.9. The zero-order valence-corrected chi connectivity index (χ0v) is 13.5. The van der Waals surface area contributed by atoms with Crippen LogP contribution in [0.4, 0.5) is 5.13 Å². The first-order valence-corrected chi connectivity index (χ1v) is 7.73. The second-order valence-corrected chi connectivity index (χ2v) is 8.36. The first kappa shape index (κ1) is 14.6. The maximum absolute atomic E-state index is 8.91. The molecular weight excluding hydrogens is 278 g/mol. The van der Waals surface area contributed by atoms with E-state index in [1.165, 1.54) is 17.8 Å². The average molecular weight is 298 g/mol. The van der Waals surface area contributed by atoms with Gasteiger partial charge in [0.05, 0.1) is 0 Å². The van der Waals surface area contributed by atoms with E-state index in [9.17, 15) is 0 Å². The maximum atomic E-state index is 8.91. The van der Waals surface area contributed by atoms with Gasteiger partial charge in [-0.15, -0.1) is 0 Å². The Morgan fingerprint density at radius 3 is 2.37 bits per heavy atom. The minimum absolute atomic E-state index is 0.310. The highest BCUT2D eigenvalue weighted by molar-refractivity contribution is 7.16. The van der Waals surface area contributed by atoms with Crippen molar-refractivity contribution in [3.8, 4) is 6.07 Å². The number of nitrogens with zero attached hydrogens (tertiary/aromatic N) is 2. The largest absolute Gasteiger partial charge is 0.359 e. The maximum Gasteiger partial charge on any atom is 0.185 e. The molecule has 1 aliphatic carbocycles. The topological polar surface area (TPSA) is 48.7 Å². The Balaban J connectivity index is 2.12. The highest BCUT2D eigenvalue weighted by atomic mass is 35.5. The van der Waals surface area contributed by atoms with E-state index in [4.69, 9.17) is 16.9 Å². The lowest BCUT2D eigenvalue weighted by Crippen LogP contribution is -2.40. The van der Waals surface area contributed by atoms with Gasteiger partial charge in [0.25, 0.3) is 0 Å². The minimum atomic E-state index is 0.310. The molecule has 5 heteroatoms. The van der Waals surface area contributed by atoms with Crippen molar-refractivity contribution in [2.45, 2.75) is 53.0 Å². The summed E-state index contributed by atoms with van der Waals surface area (Å²) in [6.07, 6.45) is 3.48. The number of nitriles is 1. The van der Waals surface area contributed by atoms with Crippen molar-refractivity contribution in [1.82, 2.24) is 4.98 Å². The molecule has 0 spiro atoms. The van der Waals surface area contributed by atoms with Gasteiger partial charge in [-0.05, 0) is 30.1 Å². The molecule has 0 aromatic carbocycles. The molecule has 3 nitrogen and oxygen atoms in total. The van der Waals surface area contributed by atoms with E-state index in [2.05, 4.69) is 44.1 Å². The van der Waals surface area contributed by atoms with E-state index >= 15 is 0 Å². The average Bonchev–Trinajstić information content (AvgIpc) is 2.53. The first-order chi connectivity index (χ1) is 8.71. The predicted molar refractivity (Wildman–Crippen MR) is 80.7 cm³/mol. The third-order valence-electron chi connectivity index (χ3n) is 3.57. The molecule has 1 aliphatic rings. The zero-order chi connectivity index (χ0) is 14.3. The van der Waals surface area contributed by atoms with E-state index < -0.39 is 0 Å². The quantitative estimate of drug-likeness (QED) is 0.862. The second kappa shape index (κ2) is 4.96. The molecule has 0 unspecified atom stereocenters. The summed E-state index contributed by atoms with van der Waals surface area (Å²) >= 11 is 7.25. The molecule has 0 bridgehead atoms. The summed E-state index contributed by atoms with van der Waals surface area (Å²) in [4.78, 5) is 4.71. The van der Waals surface area contributed by atoms with Gasteiger partial charge >= 0.3 is 0 Å². The number of anilines is 1. The molecule has 0 atom stereocenters. The summed E-state index contributed by atoms with van der Waals surface area (Å²) in [5.74, 6) is 0. The monoisotopic (exact) mass is 297 g/mol. The fourth-order valence-corrected chi connectivity index (χ4v) is 4.58. The van der Waals surface area contributed by atoms with E-state index in [0.717, 1.165) is 18.0 Å². The molecule has 2 rings (SSSR count). The Hall–Kier alpha value is -0.790. The summed E-state index contributed by atoms with van der Waals surface area (Å²) in [7, 11) is 0. The van der Waals surface area contributed by atoms with Crippen LogP contribution in [-0.2, 0) is 0 Å². The standard InChI is InChI=1S/C14H20ClN3S/c1-13(2)5-9(6-14(3,4)8-13)17-12-18-11(15)10(7-16)19-12/h9H,5-6,8H2,1-4H3,(H,17,18). The SMILES string of the molecule is CC1(C)CC(Nc2nc(Cl)c(C#N)s2)CC(C)(C)C1. The van der Waals surface area contributed by atoms with Crippen LogP contribution in [0.25, 0.3) is 0 Å². The third-order valence-corrected chi connectivity index (χ3v) is 4.85. The number of rotatable bonds is 2.